The first-order valence-corrected chi connectivity index (χ1v) is 7.58. The molecule has 0 aliphatic carbocycles. The van der Waals surface area contributed by atoms with Crippen LogP contribution in [0, 0.1) is 0 Å². The molecule has 4 rings (SSSR count). The third kappa shape index (κ3) is 2.17. The molecule has 4 heteroatoms. The Morgan fingerprint density at radius 2 is 1.90 bits per heavy atom. The highest BCUT2D eigenvalue weighted by atomic mass is 32.1. The predicted molar refractivity (Wildman–Crippen MR) is 84.5 cm³/mol. The Bertz CT molecular complexity index is 851. The molecule has 1 aliphatic heterocycles. The van der Waals surface area contributed by atoms with Crippen LogP contribution in [0.25, 0.3) is 22.4 Å². The highest BCUT2D eigenvalue weighted by molar-refractivity contribution is 7.18. The summed E-state index contributed by atoms with van der Waals surface area (Å²) in [5.74, 6) is 1.64. The van der Waals surface area contributed by atoms with Crippen LogP contribution in [0.4, 0.5) is 0 Å². The van der Waals surface area contributed by atoms with E-state index in [0.717, 1.165) is 17.1 Å². The number of benzene rings is 2. The highest BCUT2D eigenvalue weighted by Crippen LogP contribution is 2.33. The van der Waals surface area contributed by atoms with Crippen molar-refractivity contribution in [2.24, 2.45) is 7.05 Å². The molecule has 1 aliphatic rings. The third-order valence-corrected chi connectivity index (χ3v) is 4.77. The maximum atomic E-state index is 5.40. The van der Waals surface area contributed by atoms with Gasteiger partial charge in [0, 0.05) is 12.1 Å². The van der Waals surface area contributed by atoms with E-state index in [1.165, 1.54) is 15.2 Å². The first kappa shape index (κ1) is 12.4. The van der Waals surface area contributed by atoms with Gasteiger partial charge in [0.25, 0.3) is 5.01 Å². The molecule has 0 bridgehead atoms. The lowest BCUT2D eigenvalue weighted by Gasteiger charge is -1.96. The van der Waals surface area contributed by atoms with Gasteiger partial charge in [-0.15, -0.1) is 0 Å². The zero-order chi connectivity index (χ0) is 14.2. The molecule has 104 valence electrons. The molecular weight excluding hydrogens is 282 g/mol. The van der Waals surface area contributed by atoms with E-state index in [-0.39, 0.29) is 0 Å². The van der Waals surface area contributed by atoms with Gasteiger partial charge in [-0.25, -0.2) is 0 Å². The summed E-state index contributed by atoms with van der Waals surface area (Å²) in [6.07, 6.45) is 4.24. The van der Waals surface area contributed by atoms with Crippen LogP contribution in [0.1, 0.15) is 10.6 Å². The van der Waals surface area contributed by atoms with Crippen LogP contribution in [0.3, 0.4) is 0 Å². The summed E-state index contributed by atoms with van der Waals surface area (Å²) in [7, 11) is 2.10. The zero-order valence-electron chi connectivity index (χ0n) is 11.6. The fourth-order valence-electron chi connectivity index (χ4n) is 2.45. The van der Waals surface area contributed by atoms with Gasteiger partial charge < -0.3 is 9.47 Å². The molecule has 0 radical (unpaired) electrons. The second kappa shape index (κ2) is 4.90. The number of hydrogen-bond acceptors (Lipinski definition) is 3. The van der Waals surface area contributed by atoms with Crippen LogP contribution in [-0.4, -0.2) is 6.79 Å². The van der Waals surface area contributed by atoms with E-state index in [4.69, 9.17) is 9.47 Å². The lowest BCUT2D eigenvalue weighted by Crippen LogP contribution is -2.28. The molecule has 1 aromatic heterocycles. The standard InChI is InChI=1S/C17H14NO2S/c1-18-13-4-2-3-5-16(13)21-17(18)9-7-12-6-8-14-15(10-12)20-11-19-14/h2-10H,11H2,1H3/q+1/b9-7+. The largest absolute Gasteiger partial charge is 0.454 e. The van der Waals surface area contributed by atoms with Crippen molar-refractivity contribution in [2.75, 3.05) is 6.79 Å². The number of thiazole rings is 1. The number of ether oxygens (including phenoxy) is 2. The summed E-state index contributed by atoms with van der Waals surface area (Å²) in [4.78, 5) is 0. The molecule has 21 heavy (non-hydrogen) atoms. The van der Waals surface area contributed by atoms with E-state index < -0.39 is 0 Å². The second-order valence-corrected chi connectivity index (χ2v) is 5.98. The number of fused-ring (bicyclic) bond motifs is 2. The summed E-state index contributed by atoms with van der Waals surface area (Å²) < 4.78 is 14.2. The Morgan fingerprint density at radius 1 is 1.05 bits per heavy atom. The van der Waals surface area contributed by atoms with Gasteiger partial charge >= 0.3 is 0 Å². The van der Waals surface area contributed by atoms with Crippen LogP contribution in [0.5, 0.6) is 11.5 Å². The maximum Gasteiger partial charge on any atom is 0.262 e. The van der Waals surface area contributed by atoms with Crippen molar-refractivity contribution in [2.45, 2.75) is 0 Å². The average molecular weight is 296 g/mol. The van der Waals surface area contributed by atoms with Gasteiger partial charge in [-0.2, -0.15) is 4.57 Å². The van der Waals surface area contributed by atoms with E-state index >= 15 is 0 Å². The molecule has 0 spiro atoms. The molecule has 0 saturated carbocycles. The smallest absolute Gasteiger partial charge is 0.262 e. The topological polar surface area (TPSA) is 22.3 Å². The first-order chi connectivity index (χ1) is 10.3. The Kier molecular flexibility index (Phi) is 2.89. The SMILES string of the molecule is C[n+]1c(/C=C/c2ccc3c(c2)OCO3)sc2ccccc21. The fourth-order valence-corrected chi connectivity index (χ4v) is 3.50. The Balaban J connectivity index is 1.69. The van der Waals surface area contributed by atoms with E-state index in [0.29, 0.717) is 6.79 Å². The van der Waals surface area contributed by atoms with E-state index in [1.807, 2.05) is 18.2 Å². The van der Waals surface area contributed by atoms with Crippen molar-refractivity contribution in [1.82, 2.24) is 0 Å². The van der Waals surface area contributed by atoms with Crippen LogP contribution in [0.2, 0.25) is 0 Å². The Labute approximate surface area is 126 Å². The molecule has 3 nitrogen and oxygen atoms in total. The van der Waals surface area contributed by atoms with E-state index in [2.05, 4.69) is 48.0 Å². The molecule has 0 N–H and O–H groups in total. The first-order valence-electron chi connectivity index (χ1n) is 6.76. The van der Waals surface area contributed by atoms with Crippen molar-refractivity contribution in [3.8, 4) is 11.5 Å². The Hall–Kier alpha value is -2.33. The van der Waals surface area contributed by atoms with Crippen LogP contribution in [-0.2, 0) is 7.05 Å². The minimum absolute atomic E-state index is 0.313. The molecule has 2 heterocycles. The van der Waals surface area contributed by atoms with E-state index in [9.17, 15) is 0 Å². The maximum absolute atomic E-state index is 5.40. The molecule has 2 aromatic carbocycles. The van der Waals surface area contributed by atoms with E-state index in [1.54, 1.807) is 11.3 Å². The van der Waals surface area contributed by atoms with Gasteiger partial charge in [-0.1, -0.05) is 29.5 Å². The normalized spacial score (nSPS) is 13.4. The molecule has 0 fully saturated rings. The van der Waals surface area contributed by atoms with Crippen LogP contribution in [0.15, 0.2) is 42.5 Å². The number of nitrogens with zero attached hydrogens (tertiary/aromatic N) is 1. The highest BCUT2D eigenvalue weighted by Gasteiger charge is 2.14. The lowest BCUT2D eigenvalue weighted by molar-refractivity contribution is -0.642. The lowest BCUT2D eigenvalue weighted by atomic mass is 10.2. The van der Waals surface area contributed by atoms with Gasteiger partial charge in [-0.05, 0) is 29.8 Å². The molecule has 0 amide bonds. The molecular formula is C17H14NO2S+. The van der Waals surface area contributed by atoms with Gasteiger partial charge in [-0.3, -0.25) is 0 Å². The molecule has 0 atom stereocenters. The Morgan fingerprint density at radius 3 is 2.81 bits per heavy atom. The number of hydrogen-bond donors (Lipinski definition) is 0. The minimum atomic E-state index is 0.313. The summed E-state index contributed by atoms with van der Waals surface area (Å²) in [6.45, 7) is 0.313. The summed E-state index contributed by atoms with van der Waals surface area (Å²) >= 11 is 1.79. The number of aryl methyl sites for hydroxylation is 1. The van der Waals surface area contributed by atoms with Crippen LogP contribution < -0.4 is 14.0 Å². The monoisotopic (exact) mass is 296 g/mol. The summed E-state index contributed by atoms with van der Waals surface area (Å²) in [6, 6.07) is 14.4. The molecule has 0 saturated heterocycles. The van der Waals surface area contributed by atoms with Gasteiger partial charge in [0.05, 0.1) is 0 Å². The zero-order valence-corrected chi connectivity index (χ0v) is 12.4. The predicted octanol–water partition coefficient (Wildman–Crippen LogP) is 3.62. The minimum Gasteiger partial charge on any atom is -0.454 e. The molecule has 3 aromatic rings. The summed E-state index contributed by atoms with van der Waals surface area (Å²) in [5, 5.41) is 1.22. The van der Waals surface area contributed by atoms with Crippen LogP contribution >= 0.6 is 11.3 Å². The summed E-state index contributed by atoms with van der Waals surface area (Å²) in [5.41, 5.74) is 2.37. The van der Waals surface area contributed by atoms with Crippen molar-refractivity contribution in [3.63, 3.8) is 0 Å². The van der Waals surface area contributed by atoms with Crippen molar-refractivity contribution >= 4 is 33.7 Å². The average Bonchev–Trinajstić information content (AvgIpc) is 3.10. The number of para-hydroxylation sites is 1. The van der Waals surface area contributed by atoms with Gasteiger partial charge in [0.2, 0.25) is 12.3 Å². The fraction of sp³-hybridized carbons (Fsp3) is 0.118. The quantitative estimate of drug-likeness (QED) is 0.674. The molecule has 0 unspecified atom stereocenters. The number of aromatic nitrogens is 1. The van der Waals surface area contributed by atoms with Crippen molar-refractivity contribution in [3.05, 3.63) is 53.0 Å². The number of rotatable bonds is 2. The van der Waals surface area contributed by atoms with Gasteiger partial charge in [0.15, 0.2) is 11.5 Å². The second-order valence-electron chi connectivity index (χ2n) is 4.91. The third-order valence-electron chi connectivity index (χ3n) is 3.59. The van der Waals surface area contributed by atoms with Crippen molar-refractivity contribution < 1.29 is 14.0 Å². The van der Waals surface area contributed by atoms with Crippen molar-refractivity contribution in [1.29, 1.82) is 0 Å². The van der Waals surface area contributed by atoms with Gasteiger partial charge in [0.1, 0.15) is 11.7 Å².